The van der Waals surface area contributed by atoms with Gasteiger partial charge in [-0.15, -0.1) is 0 Å². The van der Waals surface area contributed by atoms with Crippen LogP contribution in [0.25, 0.3) is 0 Å². The van der Waals surface area contributed by atoms with Gasteiger partial charge < -0.3 is 19.3 Å². The SMILES string of the molecule is CCOC(=O)CCN1C(=O)[C@H](C(CC)CC)N=C(c2ccccc2)c2cc(N3CCOCC3)ccc21. The predicted octanol–water partition coefficient (Wildman–Crippen LogP) is 4.47. The normalized spacial score (nSPS) is 18.1. The van der Waals surface area contributed by atoms with E-state index >= 15 is 0 Å². The zero-order chi connectivity index (χ0) is 25.5. The number of hydrogen-bond acceptors (Lipinski definition) is 6. The predicted molar refractivity (Wildman–Crippen MR) is 143 cm³/mol. The molecule has 1 fully saturated rings. The second-order valence-electron chi connectivity index (χ2n) is 9.21. The number of anilines is 2. The van der Waals surface area contributed by atoms with Gasteiger partial charge in [-0.1, -0.05) is 57.0 Å². The fourth-order valence-electron chi connectivity index (χ4n) is 5.04. The molecule has 0 bridgehead atoms. The molecule has 1 amide bonds. The van der Waals surface area contributed by atoms with Crippen LogP contribution >= 0.6 is 0 Å². The molecule has 0 N–H and O–H groups in total. The van der Waals surface area contributed by atoms with Crippen molar-refractivity contribution in [2.75, 3.05) is 49.3 Å². The van der Waals surface area contributed by atoms with Crippen LogP contribution in [-0.2, 0) is 19.1 Å². The van der Waals surface area contributed by atoms with Crippen molar-refractivity contribution in [2.24, 2.45) is 10.9 Å². The number of benzene rings is 2. The summed E-state index contributed by atoms with van der Waals surface area (Å²) in [6.45, 7) is 9.61. The molecule has 2 aromatic carbocycles. The Morgan fingerprint density at radius 1 is 1.08 bits per heavy atom. The second-order valence-corrected chi connectivity index (χ2v) is 9.21. The Morgan fingerprint density at radius 2 is 1.81 bits per heavy atom. The molecular formula is C29H37N3O4. The van der Waals surface area contributed by atoms with E-state index < -0.39 is 6.04 Å². The lowest BCUT2D eigenvalue weighted by Crippen LogP contribution is -2.42. The number of amides is 1. The van der Waals surface area contributed by atoms with Gasteiger partial charge in [0, 0.05) is 36.4 Å². The maximum absolute atomic E-state index is 14.0. The number of nitrogens with zero attached hydrogens (tertiary/aromatic N) is 3. The maximum atomic E-state index is 14.0. The lowest BCUT2D eigenvalue weighted by molar-refractivity contribution is -0.142. The van der Waals surface area contributed by atoms with Gasteiger partial charge in [-0.2, -0.15) is 0 Å². The summed E-state index contributed by atoms with van der Waals surface area (Å²) in [4.78, 5) is 35.5. The van der Waals surface area contributed by atoms with E-state index in [0.717, 1.165) is 54.1 Å². The maximum Gasteiger partial charge on any atom is 0.307 e. The summed E-state index contributed by atoms with van der Waals surface area (Å²) in [7, 11) is 0. The number of rotatable bonds is 9. The number of ether oxygens (including phenoxy) is 2. The third kappa shape index (κ3) is 5.62. The minimum absolute atomic E-state index is 0.0562. The Bertz CT molecular complexity index is 1080. The number of esters is 1. The number of carbonyl (C=O) groups is 2. The highest BCUT2D eigenvalue weighted by Gasteiger charge is 2.36. The van der Waals surface area contributed by atoms with E-state index in [2.05, 4.69) is 30.9 Å². The van der Waals surface area contributed by atoms with Crippen LogP contribution in [0.5, 0.6) is 0 Å². The molecular weight excluding hydrogens is 454 g/mol. The largest absolute Gasteiger partial charge is 0.466 e. The van der Waals surface area contributed by atoms with Crippen LogP contribution in [0.15, 0.2) is 53.5 Å². The molecule has 36 heavy (non-hydrogen) atoms. The molecule has 192 valence electrons. The topological polar surface area (TPSA) is 71.4 Å². The van der Waals surface area contributed by atoms with Crippen molar-refractivity contribution in [1.29, 1.82) is 0 Å². The molecule has 7 heteroatoms. The van der Waals surface area contributed by atoms with Gasteiger partial charge in [-0.3, -0.25) is 14.6 Å². The van der Waals surface area contributed by atoms with E-state index in [1.54, 1.807) is 11.8 Å². The average Bonchev–Trinajstić information content (AvgIpc) is 3.03. The first kappa shape index (κ1) is 25.9. The number of aliphatic imine (C=N–C) groups is 1. The van der Waals surface area contributed by atoms with Crippen LogP contribution in [0, 0.1) is 5.92 Å². The number of morpholine rings is 1. The highest BCUT2D eigenvalue weighted by atomic mass is 16.5. The van der Waals surface area contributed by atoms with Crippen LogP contribution in [0.1, 0.15) is 51.2 Å². The van der Waals surface area contributed by atoms with Crippen molar-refractivity contribution < 1.29 is 19.1 Å². The molecule has 0 aliphatic carbocycles. The van der Waals surface area contributed by atoms with Crippen LogP contribution in [0.4, 0.5) is 11.4 Å². The van der Waals surface area contributed by atoms with Gasteiger partial charge in [0.2, 0.25) is 0 Å². The molecule has 0 saturated carbocycles. The van der Waals surface area contributed by atoms with Crippen LogP contribution in [0.2, 0.25) is 0 Å². The Labute approximate surface area is 214 Å². The first-order valence-electron chi connectivity index (χ1n) is 13.1. The molecule has 0 spiro atoms. The van der Waals surface area contributed by atoms with E-state index in [1.807, 2.05) is 36.4 Å². The summed E-state index contributed by atoms with van der Waals surface area (Å²) < 4.78 is 10.7. The zero-order valence-electron chi connectivity index (χ0n) is 21.6. The van der Waals surface area contributed by atoms with Gasteiger partial charge in [0.15, 0.2) is 0 Å². The fraction of sp³-hybridized carbons (Fsp3) is 0.483. The monoisotopic (exact) mass is 491 g/mol. The Morgan fingerprint density at radius 3 is 2.47 bits per heavy atom. The van der Waals surface area contributed by atoms with Gasteiger partial charge in [-0.25, -0.2) is 0 Å². The number of carbonyl (C=O) groups excluding carboxylic acids is 2. The van der Waals surface area contributed by atoms with Crippen molar-refractivity contribution in [1.82, 2.24) is 0 Å². The summed E-state index contributed by atoms with van der Waals surface area (Å²) in [6, 6.07) is 15.8. The van der Waals surface area contributed by atoms with E-state index in [1.165, 1.54) is 0 Å². The summed E-state index contributed by atoms with van der Waals surface area (Å²) in [5.74, 6) is -0.252. The molecule has 7 nitrogen and oxygen atoms in total. The molecule has 2 aliphatic heterocycles. The van der Waals surface area contributed by atoms with Crippen LogP contribution in [0.3, 0.4) is 0 Å². The highest BCUT2D eigenvalue weighted by molar-refractivity contribution is 6.20. The second kappa shape index (κ2) is 12.2. The minimum atomic E-state index is -0.517. The molecule has 1 atom stereocenters. The summed E-state index contributed by atoms with van der Waals surface area (Å²) in [5.41, 5.74) is 4.59. The number of benzodiazepines with no additional fused rings is 1. The quantitative estimate of drug-likeness (QED) is 0.484. The van der Waals surface area contributed by atoms with Crippen molar-refractivity contribution >= 4 is 29.0 Å². The first-order valence-corrected chi connectivity index (χ1v) is 13.1. The summed E-state index contributed by atoms with van der Waals surface area (Å²) in [6.07, 6.45) is 1.83. The van der Waals surface area contributed by atoms with E-state index in [9.17, 15) is 9.59 Å². The molecule has 4 rings (SSSR count). The summed E-state index contributed by atoms with van der Waals surface area (Å²) in [5, 5.41) is 0. The molecule has 2 aromatic rings. The van der Waals surface area contributed by atoms with Crippen LogP contribution < -0.4 is 9.80 Å². The highest BCUT2D eigenvalue weighted by Crippen LogP contribution is 2.35. The fourth-order valence-corrected chi connectivity index (χ4v) is 5.04. The zero-order valence-corrected chi connectivity index (χ0v) is 21.6. The Kier molecular flexibility index (Phi) is 8.75. The standard InChI is InChI=1S/C29H37N3O4/c1-4-21(5-2)28-29(34)32(15-14-26(33)36-6-3)25-13-12-23(31-16-18-35-19-17-31)20-24(25)27(30-28)22-10-8-7-9-11-22/h7-13,20-21,28H,4-6,14-19H2,1-3H3/t28-/m0/s1. The third-order valence-electron chi connectivity index (χ3n) is 7.08. The lowest BCUT2D eigenvalue weighted by atomic mass is 9.93. The van der Waals surface area contributed by atoms with E-state index in [-0.39, 0.29) is 30.8 Å². The van der Waals surface area contributed by atoms with Crippen molar-refractivity contribution in [3.05, 3.63) is 59.7 Å². The summed E-state index contributed by atoms with van der Waals surface area (Å²) >= 11 is 0. The molecule has 0 aromatic heterocycles. The smallest absolute Gasteiger partial charge is 0.307 e. The number of hydrogen-bond donors (Lipinski definition) is 0. The van der Waals surface area contributed by atoms with E-state index in [0.29, 0.717) is 19.8 Å². The van der Waals surface area contributed by atoms with Crippen molar-refractivity contribution in [2.45, 2.75) is 46.1 Å². The van der Waals surface area contributed by atoms with Gasteiger partial charge in [0.25, 0.3) is 5.91 Å². The number of fused-ring (bicyclic) bond motifs is 1. The molecule has 1 saturated heterocycles. The first-order chi connectivity index (χ1) is 17.6. The van der Waals surface area contributed by atoms with Crippen LogP contribution in [-0.4, -0.2) is 63.1 Å². The van der Waals surface area contributed by atoms with Gasteiger partial charge in [-0.05, 0) is 31.0 Å². The average molecular weight is 492 g/mol. The van der Waals surface area contributed by atoms with Crippen molar-refractivity contribution in [3.63, 3.8) is 0 Å². The molecule has 0 unspecified atom stereocenters. The lowest BCUT2D eigenvalue weighted by Gasteiger charge is -2.31. The Balaban J connectivity index is 1.85. The van der Waals surface area contributed by atoms with E-state index in [4.69, 9.17) is 14.5 Å². The molecule has 2 aliphatic rings. The Hall–Kier alpha value is -3.19. The molecule has 0 radical (unpaired) electrons. The molecule has 2 heterocycles. The third-order valence-corrected chi connectivity index (χ3v) is 7.08. The van der Waals surface area contributed by atoms with Gasteiger partial charge >= 0.3 is 5.97 Å². The minimum Gasteiger partial charge on any atom is -0.466 e. The van der Waals surface area contributed by atoms with Gasteiger partial charge in [0.05, 0.1) is 37.6 Å². The van der Waals surface area contributed by atoms with Crippen molar-refractivity contribution in [3.8, 4) is 0 Å². The van der Waals surface area contributed by atoms with Gasteiger partial charge in [0.1, 0.15) is 6.04 Å².